The molecule has 0 aliphatic carbocycles. The van der Waals surface area contributed by atoms with Gasteiger partial charge in [0.15, 0.2) is 0 Å². The van der Waals surface area contributed by atoms with Crippen molar-refractivity contribution in [2.75, 3.05) is 32.6 Å². The van der Waals surface area contributed by atoms with E-state index in [0.29, 0.717) is 13.0 Å². The molecule has 2 heterocycles. The first-order valence-corrected chi connectivity index (χ1v) is 12.2. The fourth-order valence-corrected chi connectivity index (χ4v) is 4.13. The molecule has 0 radical (unpaired) electrons. The van der Waals surface area contributed by atoms with Crippen LogP contribution in [0.4, 0.5) is 0 Å². The maximum absolute atomic E-state index is 12.2. The molecule has 1 unspecified atom stereocenters. The molecule has 0 aromatic heterocycles. The summed E-state index contributed by atoms with van der Waals surface area (Å²) in [5.74, 6) is -1.44. The highest BCUT2D eigenvalue weighted by Gasteiger charge is 2.47. The smallest absolute Gasteiger partial charge is 0.256 e. The first-order chi connectivity index (χ1) is 12.1. The predicted octanol–water partition coefficient (Wildman–Crippen LogP) is -0.226. The third-order valence-electron chi connectivity index (χ3n) is 4.70. The maximum Gasteiger partial charge on any atom is 0.256 e. The van der Waals surface area contributed by atoms with Crippen molar-refractivity contribution >= 4 is 25.0 Å². The van der Waals surface area contributed by atoms with E-state index >= 15 is 0 Å². The molecular weight excluding hydrogens is 355 g/mol. The summed E-state index contributed by atoms with van der Waals surface area (Å²) in [6.45, 7) is 6.12. The molecular formula is C18H31N2O5P. The van der Waals surface area contributed by atoms with Gasteiger partial charge in [0.1, 0.15) is 18.3 Å². The number of carbonyl (C=O) groups is 2. The van der Waals surface area contributed by atoms with Gasteiger partial charge in [0.2, 0.25) is 5.91 Å². The van der Waals surface area contributed by atoms with Crippen molar-refractivity contribution in [1.29, 1.82) is 0 Å². The summed E-state index contributed by atoms with van der Waals surface area (Å²) in [5.41, 5.74) is 0.214. The van der Waals surface area contributed by atoms with Crippen LogP contribution >= 0.6 is 6.89 Å². The Hall–Kier alpha value is -0.980. The van der Waals surface area contributed by atoms with E-state index in [9.17, 15) is 19.8 Å². The molecule has 26 heavy (non-hydrogen) atoms. The number of imide groups is 1. The van der Waals surface area contributed by atoms with Crippen molar-refractivity contribution in [3.63, 3.8) is 0 Å². The monoisotopic (exact) mass is 386 g/mol. The van der Waals surface area contributed by atoms with E-state index in [1.807, 2.05) is 6.92 Å². The van der Waals surface area contributed by atoms with Gasteiger partial charge in [-0.05, 0) is 38.9 Å². The Morgan fingerprint density at radius 1 is 1.31 bits per heavy atom. The van der Waals surface area contributed by atoms with E-state index < -0.39 is 43.1 Å². The number of carbonyl (C=O) groups excluding carboxylic acids is 2. The number of ether oxygens (including phenoxy) is 1. The average molecular weight is 386 g/mol. The van der Waals surface area contributed by atoms with Crippen molar-refractivity contribution < 1.29 is 24.5 Å². The fraction of sp³-hybridized carbons (Fsp3) is 0.722. The summed E-state index contributed by atoms with van der Waals surface area (Å²) in [5, 5.41) is 26.2. The number of nitrogens with one attached hydrogen (secondary N) is 2. The van der Waals surface area contributed by atoms with E-state index in [2.05, 4.69) is 30.3 Å². The Morgan fingerprint density at radius 3 is 2.62 bits per heavy atom. The van der Waals surface area contributed by atoms with E-state index in [1.165, 1.54) is 0 Å². The zero-order valence-electron chi connectivity index (χ0n) is 15.8. The van der Waals surface area contributed by atoms with Crippen LogP contribution in [0.2, 0.25) is 0 Å². The number of aliphatic hydroxyl groups excluding tert-OH is 2. The topological polar surface area (TPSA) is 108 Å². The molecule has 0 saturated carbocycles. The molecule has 2 aliphatic heterocycles. The Kier molecular flexibility index (Phi) is 7.22. The Bertz CT molecular complexity index is 615. The van der Waals surface area contributed by atoms with Crippen molar-refractivity contribution in [3.05, 3.63) is 11.6 Å². The van der Waals surface area contributed by atoms with Crippen LogP contribution in [0.3, 0.4) is 0 Å². The van der Waals surface area contributed by atoms with Gasteiger partial charge in [0.05, 0.1) is 12.0 Å². The van der Waals surface area contributed by atoms with Crippen LogP contribution in [0.5, 0.6) is 0 Å². The maximum atomic E-state index is 12.2. The first kappa shape index (κ1) is 21.3. The quantitative estimate of drug-likeness (QED) is 0.261. The molecule has 148 valence electrons. The van der Waals surface area contributed by atoms with Crippen LogP contribution in [-0.4, -0.2) is 85.3 Å². The Morgan fingerprint density at radius 2 is 2.00 bits per heavy atom. The lowest BCUT2D eigenvalue weighted by Crippen LogP contribution is -2.47. The average Bonchev–Trinajstić information content (AvgIpc) is 2.83. The standard InChI is InChI=1S/C18H31N2O5P/c1-5-7-19-10-11-9-12(18(24)20-17(11)23)16-15(22)14(21)13(25-16)6-8-26(2,3)4/h9,11,13-16,19,21-22H,2,5-8,10H2,1,3-4H3,(H,20,23,24)/t11?,13-,14-,15-,16+/m1/s1. The fourth-order valence-electron chi connectivity index (χ4n) is 3.18. The SMILES string of the molecule is C=P(C)(C)CC[C@H]1O[C@@H](C2=CC(CNCCC)C(=O)NC2=O)[C@H](O)[C@@H]1O. The minimum absolute atomic E-state index is 0.214. The summed E-state index contributed by atoms with van der Waals surface area (Å²) >= 11 is 0. The van der Waals surface area contributed by atoms with Crippen LogP contribution in [0.15, 0.2) is 11.6 Å². The Labute approximate surface area is 155 Å². The van der Waals surface area contributed by atoms with Crippen LogP contribution < -0.4 is 10.6 Å². The second-order valence-electron chi connectivity index (χ2n) is 7.78. The summed E-state index contributed by atoms with van der Waals surface area (Å²) in [4.78, 5) is 24.3. The number of amides is 2. The van der Waals surface area contributed by atoms with Crippen molar-refractivity contribution in [2.24, 2.45) is 5.92 Å². The molecule has 0 aromatic carbocycles. The highest BCUT2D eigenvalue weighted by Crippen LogP contribution is 2.39. The number of aliphatic hydroxyl groups is 2. The normalized spacial score (nSPS) is 32.5. The third kappa shape index (κ3) is 5.27. The van der Waals surface area contributed by atoms with Gasteiger partial charge >= 0.3 is 0 Å². The summed E-state index contributed by atoms with van der Waals surface area (Å²) in [7, 11) is 0. The van der Waals surface area contributed by atoms with E-state index in [0.717, 1.165) is 19.1 Å². The van der Waals surface area contributed by atoms with Crippen LogP contribution in [-0.2, 0) is 14.3 Å². The second-order valence-corrected chi connectivity index (χ2v) is 12.1. The minimum atomic E-state index is -1.28. The van der Waals surface area contributed by atoms with Gasteiger partial charge in [0, 0.05) is 12.1 Å². The van der Waals surface area contributed by atoms with E-state index in [1.54, 1.807) is 6.08 Å². The van der Waals surface area contributed by atoms with Gasteiger partial charge in [-0.3, -0.25) is 14.9 Å². The molecule has 0 aromatic rings. The van der Waals surface area contributed by atoms with Crippen LogP contribution in [0, 0.1) is 5.92 Å². The van der Waals surface area contributed by atoms with Gasteiger partial charge in [-0.1, -0.05) is 13.0 Å². The third-order valence-corrected chi connectivity index (χ3v) is 6.16. The van der Waals surface area contributed by atoms with Crippen molar-refractivity contribution in [1.82, 2.24) is 10.6 Å². The molecule has 1 fully saturated rings. The zero-order valence-corrected chi connectivity index (χ0v) is 16.7. The lowest BCUT2D eigenvalue weighted by Gasteiger charge is -2.25. The summed E-state index contributed by atoms with van der Waals surface area (Å²) < 4.78 is 5.83. The number of rotatable bonds is 8. The second kappa shape index (κ2) is 8.81. The predicted molar refractivity (Wildman–Crippen MR) is 104 cm³/mol. The van der Waals surface area contributed by atoms with Gasteiger partial charge in [0.25, 0.3) is 5.91 Å². The molecule has 0 spiro atoms. The molecule has 2 amide bonds. The molecule has 4 N–H and O–H groups in total. The largest absolute Gasteiger partial charge is 0.388 e. The number of hydrogen-bond donors (Lipinski definition) is 4. The highest BCUT2D eigenvalue weighted by molar-refractivity contribution is 7.72. The van der Waals surface area contributed by atoms with Gasteiger partial charge in [-0.2, -0.15) is 0 Å². The molecule has 1 saturated heterocycles. The van der Waals surface area contributed by atoms with Gasteiger partial charge in [-0.15, -0.1) is 13.2 Å². The molecule has 7 nitrogen and oxygen atoms in total. The molecule has 5 atom stereocenters. The summed E-state index contributed by atoms with van der Waals surface area (Å²) in [6.07, 6.45) is 4.31. The van der Waals surface area contributed by atoms with E-state index in [4.69, 9.17) is 4.74 Å². The molecule has 2 rings (SSSR count). The first-order valence-electron chi connectivity index (χ1n) is 9.10. The van der Waals surface area contributed by atoms with Gasteiger partial charge in [-0.25, -0.2) is 0 Å². The van der Waals surface area contributed by atoms with Crippen LogP contribution in [0.25, 0.3) is 0 Å². The summed E-state index contributed by atoms with van der Waals surface area (Å²) in [6, 6.07) is 0. The van der Waals surface area contributed by atoms with E-state index in [-0.39, 0.29) is 11.5 Å². The minimum Gasteiger partial charge on any atom is -0.388 e. The number of hydrogen-bond acceptors (Lipinski definition) is 6. The highest BCUT2D eigenvalue weighted by atomic mass is 31.2. The Balaban J connectivity index is 2.11. The molecule has 8 heteroatoms. The molecule has 2 aliphatic rings. The van der Waals surface area contributed by atoms with Crippen molar-refractivity contribution in [3.8, 4) is 0 Å². The van der Waals surface area contributed by atoms with Crippen LogP contribution in [0.1, 0.15) is 19.8 Å². The van der Waals surface area contributed by atoms with Gasteiger partial charge < -0.3 is 20.3 Å². The lowest BCUT2D eigenvalue weighted by molar-refractivity contribution is -0.132. The zero-order chi connectivity index (χ0) is 19.5. The lowest BCUT2D eigenvalue weighted by atomic mass is 9.93. The van der Waals surface area contributed by atoms with Crippen molar-refractivity contribution in [2.45, 2.75) is 44.2 Å². The molecule has 0 bridgehead atoms.